The number of benzene rings is 1. The summed E-state index contributed by atoms with van der Waals surface area (Å²) in [4.78, 5) is 23.6. The van der Waals surface area contributed by atoms with Crippen LogP contribution in [0.2, 0.25) is 0 Å². The number of carbonyl (C=O) groups is 2. The zero-order chi connectivity index (χ0) is 29.6. The van der Waals surface area contributed by atoms with Crippen LogP contribution in [0.25, 0.3) is 0 Å². The van der Waals surface area contributed by atoms with Gasteiger partial charge >= 0.3 is 6.03 Å². The van der Waals surface area contributed by atoms with Crippen molar-refractivity contribution >= 4 is 11.9 Å². The Hall–Kier alpha value is -3.23. The molecule has 3 amide bonds. The van der Waals surface area contributed by atoms with E-state index >= 15 is 0 Å². The molecule has 0 radical (unpaired) electrons. The molecule has 40 heavy (non-hydrogen) atoms. The number of primary amides is 1. The first-order valence-electron chi connectivity index (χ1n) is 13.4. The average Bonchev–Trinajstić information content (AvgIpc) is 3.30. The number of ether oxygens (including phenoxy) is 2. The van der Waals surface area contributed by atoms with Crippen LogP contribution in [0.5, 0.6) is 5.88 Å². The van der Waals surface area contributed by atoms with Crippen LogP contribution in [-0.4, -0.2) is 92.5 Å². The average molecular weight is 564 g/mol. The molecule has 222 valence electrons. The second-order valence-electron chi connectivity index (χ2n) is 10.7. The number of H-pyrrole nitrogens is 1. The fourth-order valence-electron chi connectivity index (χ4n) is 4.49. The van der Waals surface area contributed by atoms with Gasteiger partial charge in [0.25, 0.3) is 0 Å². The lowest BCUT2D eigenvalue weighted by atomic mass is 9.98. The first kappa shape index (κ1) is 31.3. The number of hydrogen-bond acceptors (Lipinski definition) is 9. The van der Waals surface area contributed by atoms with Crippen molar-refractivity contribution in [2.75, 3.05) is 13.2 Å². The number of aromatic amines is 1. The van der Waals surface area contributed by atoms with E-state index in [0.717, 1.165) is 22.4 Å². The van der Waals surface area contributed by atoms with E-state index in [1.54, 1.807) is 13.8 Å². The largest absolute Gasteiger partial charge is 0.443 e. The Morgan fingerprint density at radius 1 is 1.07 bits per heavy atom. The highest BCUT2D eigenvalue weighted by atomic mass is 16.7. The van der Waals surface area contributed by atoms with E-state index in [1.165, 1.54) is 0 Å². The molecule has 1 fully saturated rings. The molecule has 1 aliphatic heterocycles. The minimum absolute atomic E-state index is 0.0796. The van der Waals surface area contributed by atoms with Gasteiger partial charge in [-0.2, -0.15) is 0 Å². The van der Waals surface area contributed by atoms with Crippen molar-refractivity contribution in [2.45, 2.75) is 83.2 Å². The summed E-state index contributed by atoms with van der Waals surface area (Å²) in [6.45, 7) is 7.39. The Morgan fingerprint density at radius 3 is 2.30 bits per heavy atom. The van der Waals surface area contributed by atoms with Crippen LogP contribution in [0, 0.1) is 5.92 Å². The van der Waals surface area contributed by atoms with E-state index in [0.29, 0.717) is 19.4 Å². The molecule has 2 aromatic rings. The second-order valence-corrected chi connectivity index (χ2v) is 10.7. The molecule has 2 heterocycles. The van der Waals surface area contributed by atoms with Gasteiger partial charge in [0.05, 0.1) is 6.61 Å². The Balaban J connectivity index is 1.63. The van der Waals surface area contributed by atoms with Gasteiger partial charge < -0.3 is 46.3 Å². The number of nitrogens with two attached hydrogens (primary N) is 1. The third kappa shape index (κ3) is 7.70. The van der Waals surface area contributed by atoms with E-state index < -0.39 is 55.3 Å². The summed E-state index contributed by atoms with van der Waals surface area (Å²) >= 11 is 0. The van der Waals surface area contributed by atoms with E-state index in [4.69, 9.17) is 15.2 Å². The molecule has 3 rings (SSSR count). The quantitative estimate of drug-likeness (QED) is 0.169. The second kappa shape index (κ2) is 13.9. The molecule has 1 saturated heterocycles. The molecular formula is C27H41N5O8. The summed E-state index contributed by atoms with van der Waals surface area (Å²) in [6, 6.07) is 6.60. The normalized spacial score (nSPS) is 23.7. The molecule has 9 N–H and O–H groups in total. The Labute approximate surface area is 233 Å². The lowest BCUT2D eigenvalue weighted by Gasteiger charge is -2.39. The fourth-order valence-corrected chi connectivity index (χ4v) is 4.49. The highest BCUT2D eigenvalue weighted by Gasteiger charge is 2.45. The highest BCUT2D eigenvalue weighted by Crippen LogP contribution is 2.31. The number of aliphatic hydroxyl groups excluding tert-OH is 4. The minimum Gasteiger partial charge on any atom is -0.443 e. The third-order valence-electron chi connectivity index (χ3n) is 6.88. The van der Waals surface area contributed by atoms with Gasteiger partial charge in [0.15, 0.2) is 0 Å². The first-order valence-corrected chi connectivity index (χ1v) is 13.4. The van der Waals surface area contributed by atoms with E-state index in [2.05, 4.69) is 20.8 Å². The summed E-state index contributed by atoms with van der Waals surface area (Å²) in [5.74, 6) is -0.440. The number of rotatable bonds is 12. The number of aliphatic hydroxyl groups is 4. The number of amides is 3. The van der Waals surface area contributed by atoms with Crippen molar-refractivity contribution in [3.8, 4) is 5.88 Å². The maximum Gasteiger partial charge on any atom is 0.315 e. The highest BCUT2D eigenvalue weighted by molar-refractivity contribution is 5.86. The zero-order valence-corrected chi connectivity index (χ0v) is 23.2. The van der Waals surface area contributed by atoms with Gasteiger partial charge in [-0.05, 0) is 29.4 Å². The molecule has 13 nitrogen and oxygen atoms in total. The van der Waals surface area contributed by atoms with Crippen LogP contribution in [-0.2, 0) is 22.4 Å². The van der Waals surface area contributed by atoms with Crippen LogP contribution >= 0.6 is 0 Å². The van der Waals surface area contributed by atoms with Crippen molar-refractivity contribution in [1.82, 2.24) is 20.8 Å². The van der Waals surface area contributed by atoms with Crippen LogP contribution in [0.1, 0.15) is 56.0 Å². The van der Waals surface area contributed by atoms with Gasteiger partial charge in [0.2, 0.25) is 18.1 Å². The summed E-state index contributed by atoms with van der Waals surface area (Å²) in [5.41, 5.74) is 8.86. The lowest BCUT2D eigenvalue weighted by molar-refractivity contribution is -0.278. The molecular weight excluding hydrogens is 522 g/mol. The van der Waals surface area contributed by atoms with Crippen molar-refractivity contribution in [3.63, 3.8) is 0 Å². The molecule has 0 saturated carbocycles. The Kier molecular flexibility index (Phi) is 10.9. The fraction of sp³-hybridized carbons (Fsp3) is 0.593. The zero-order valence-electron chi connectivity index (χ0n) is 23.2. The lowest BCUT2D eigenvalue weighted by Crippen LogP contribution is -2.60. The van der Waals surface area contributed by atoms with Gasteiger partial charge in [-0.1, -0.05) is 52.0 Å². The van der Waals surface area contributed by atoms with Crippen molar-refractivity contribution in [3.05, 3.63) is 46.6 Å². The molecule has 0 unspecified atom stereocenters. The van der Waals surface area contributed by atoms with E-state index in [9.17, 15) is 30.0 Å². The number of nitrogens with one attached hydrogen (secondary N) is 3. The number of hydrogen-bond donors (Lipinski definition) is 8. The summed E-state index contributed by atoms with van der Waals surface area (Å²) in [5, 5.41) is 52.5. The summed E-state index contributed by atoms with van der Waals surface area (Å²) < 4.78 is 11.3. The van der Waals surface area contributed by atoms with E-state index in [1.807, 2.05) is 38.1 Å². The van der Waals surface area contributed by atoms with E-state index in [-0.39, 0.29) is 17.7 Å². The maximum absolute atomic E-state index is 12.1. The smallest absolute Gasteiger partial charge is 0.315 e. The Bertz CT molecular complexity index is 1120. The van der Waals surface area contributed by atoms with Gasteiger partial charge in [-0.15, -0.1) is 5.10 Å². The van der Waals surface area contributed by atoms with Gasteiger partial charge in [-0.3, -0.25) is 9.89 Å². The molecule has 0 bridgehead atoms. The predicted octanol–water partition coefficient (Wildman–Crippen LogP) is -0.346. The molecule has 13 heteroatoms. The maximum atomic E-state index is 12.1. The first-order chi connectivity index (χ1) is 18.9. The standard InChI is InChI=1S/C27H41N5O8/c1-13(2)19-17(25(32-31-19)40-26-23(36)22(35)21(34)18(12-33)39-26)11-16-7-5-15(6-8-16)9-10-29-27(38)30-20(14(3)4)24(28)37/h5-8,13-14,18,20-23,26,33-36H,9-12H2,1-4H3,(H2,28,37)(H,31,32)(H2,29,30,38)/t18-,20+,21-,22+,23-,26+/m1/s1. The number of nitrogens with zero attached hydrogens (tertiary/aromatic N) is 1. The van der Waals surface area contributed by atoms with Crippen molar-refractivity contribution in [2.24, 2.45) is 11.7 Å². The van der Waals surface area contributed by atoms with Crippen LogP contribution in [0.3, 0.4) is 0 Å². The SMILES string of the molecule is CC(C)c1[nH]nc(O[C@@H]2O[C@H](CO)[C@@H](O)[C@H](O)[C@H]2O)c1Cc1ccc(CCNC(=O)N[C@H](C(N)=O)C(C)C)cc1. The monoisotopic (exact) mass is 563 g/mol. The van der Waals surface area contributed by atoms with Gasteiger partial charge in [0, 0.05) is 24.2 Å². The Morgan fingerprint density at radius 2 is 1.73 bits per heavy atom. The van der Waals surface area contributed by atoms with Crippen molar-refractivity contribution in [1.29, 1.82) is 0 Å². The molecule has 6 atom stereocenters. The van der Waals surface area contributed by atoms with Crippen LogP contribution < -0.4 is 21.1 Å². The van der Waals surface area contributed by atoms with Crippen LogP contribution in [0.4, 0.5) is 4.79 Å². The topological polar surface area (TPSA) is 212 Å². The minimum atomic E-state index is -1.56. The van der Waals surface area contributed by atoms with Gasteiger partial charge in [0.1, 0.15) is 30.5 Å². The predicted molar refractivity (Wildman–Crippen MR) is 144 cm³/mol. The summed E-state index contributed by atoms with van der Waals surface area (Å²) in [7, 11) is 0. The number of aromatic nitrogens is 2. The molecule has 1 aliphatic rings. The number of carbonyl (C=O) groups excluding carboxylic acids is 2. The van der Waals surface area contributed by atoms with Crippen molar-refractivity contribution < 1.29 is 39.5 Å². The molecule has 1 aromatic carbocycles. The van der Waals surface area contributed by atoms with Crippen LogP contribution in [0.15, 0.2) is 24.3 Å². The molecule has 1 aromatic heterocycles. The molecule has 0 aliphatic carbocycles. The number of urea groups is 1. The van der Waals surface area contributed by atoms with Gasteiger partial charge in [-0.25, -0.2) is 4.79 Å². The third-order valence-corrected chi connectivity index (χ3v) is 6.88. The molecule has 0 spiro atoms. The summed E-state index contributed by atoms with van der Waals surface area (Å²) in [6.07, 6.45) is -6.01.